The molecule has 0 aliphatic heterocycles. The van der Waals surface area contributed by atoms with E-state index in [-0.39, 0.29) is 6.10 Å². The fraction of sp³-hybridized carbons (Fsp3) is 0.714. The van der Waals surface area contributed by atoms with Crippen molar-refractivity contribution < 1.29 is 5.11 Å². The largest absolute Gasteiger partial charge is 0.388 e. The molecule has 0 saturated heterocycles. The molecule has 1 fully saturated rings. The number of fused-ring (bicyclic) bond motifs is 1. The van der Waals surface area contributed by atoms with Crippen LogP contribution < -0.4 is 0 Å². The summed E-state index contributed by atoms with van der Waals surface area (Å²) < 4.78 is 2.47. The molecule has 1 N–H and O–H groups in total. The maximum Gasteiger partial charge on any atom is 0.0807 e. The zero-order chi connectivity index (χ0) is 11.0. The highest BCUT2D eigenvalue weighted by Gasteiger charge is 2.24. The molecule has 0 bridgehead atoms. The monoisotopic (exact) mass is 219 g/mol. The number of aliphatic hydroxyl groups excluding tert-OH is 1. The van der Waals surface area contributed by atoms with Crippen molar-refractivity contribution >= 4 is 0 Å². The lowest BCUT2D eigenvalue weighted by atomic mass is 9.92. The molecule has 1 unspecified atom stereocenters. The summed E-state index contributed by atoms with van der Waals surface area (Å²) >= 11 is 0. The van der Waals surface area contributed by atoms with Crippen molar-refractivity contribution in [3.8, 4) is 0 Å². The van der Waals surface area contributed by atoms with Gasteiger partial charge in [0.25, 0.3) is 0 Å². The average molecular weight is 219 g/mol. The van der Waals surface area contributed by atoms with Gasteiger partial charge in [0, 0.05) is 23.5 Å². The summed E-state index contributed by atoms with van der Waals surface area (Å²) in [4.78, 5) is 0. The Kier molecular flexibility index (Phi) is 2.76. The van der Waals surface area contributed by atoms with E-state index in [1.165, 1.54) is 43.4 Å². The number of aromatic nitrogens is 1. The van der Waals surface area contributed by atoms with Crippen LogP contribution in [0.25, 0.3) is 0 Å². The van der Waals surface area contributed by atoms with Crippen LogP contribution >= 0.6 is 0 Å². The first-order valence-corrected chi connectivity index (χ1v) is 6.74. The van der Waals surface area contributed by atoms with E-state index in [1.807, 2.05) is 0 Å². The molecule has 1 heterocycles. The second-order valence-corrected chi connectivity index (χ2v) is 5.32. The Hall–Kier alpha value is -0.760. The average Bonchev–Trinajstić information content (AvgIpc) is 2.75. The molecule has 0 aromatic carbocycles. The predicted molar refractivity (Wildman–Crippen MR) is 64.5 cm³/mol. The number of hydrogen-bond acceptors (Lipinski definition) is 1. The molecule has 1 saturated carbocycles. The van der Waals surface area contributed by atoms with Crippen LogP contribution in [0.2, 0.25) is 0 Å². The van der Waals surface area contributed by atoms with Gasteiger partial charge in [-0.3, -0.25) is 0 Å². The van der Waals surface area contributed by atoms with Gasteiger partial charge in [0.2, 0.25) is 0 Å². The third-order valence-electron chi connectivity index (χ3n) is 4.28. The summed E-state index contributed by atoms with van der Waals surface area (Å²) in [5.41, 5.74) is 2.63. The lowest BCUT2D eigenvalue weighted by Gasteiger charge is -2.28. The van der Waals surface area contributed by atoms with Gasteiger partial charge in [-0.1, -0.05) is 19.3 Å². The second kappa shape index (κ2) is 4.25. The van der Waals surface area contributed by atoms with Crippen LogP contribution in [0.5, 0.6) is 0 Å². The summed E-state index contributed by atoms with van der Waals surface area (Å²) in [5.74, 6) is 0. The highest BCUT2D eigenvalue weighted by molar-refractivity contribution is 5.28. The van der Waals surface area contributed by atoms with E-state index in [4.69, 9.17) is 0 Å². The third kappa shape index (κ3) is 1.69. The summed E-state index contributed by atoms with van der Waals surface area (Å²) in [6.07, 6.45) is 12.1. The zero-order valence-electron chi connectivity index (χ0n) is 9.86. The molecule has 1 aromatic rings. The molecule has 3 rings (SSSR count). The Bertz CT molecular complexity index is 363. The molecular formula is C14H21NO. The number of aliphatic hydroxyl groups is 1. The molecule has 16 heavy (non-hydrogen) atoms. The Morgan fingerprint density at radius 2 is 1.88 bits per heavy atom. The van der Waals surface area contributed by atoms with Gasteiger partial charge in [-0.25, -0.2) is 0 Å². The highest BCUT2D eigenvalue weighted by atomic mass is 16.3. The van der Waals surface area contributed by atoms with E-state index in [2.05, 4.69) is 16.8 Å². The minimum atomic E-state index is -0.200. The molecule has 2 aliphatic carbocycles. The zero-order valence-corrected chi connectivity index (χ0v) is 9.86. The van der Waals surface area contributed by atoms with Gasteiger partial charge in [0.05, 0.1) is 6.10 Å². The van der Waals surface area contributed by atoms with Crippen LogP contribution in [0.4, 0.5) is 0 Å². The Labute approximate surface area is 97.3 Å². The van der Waals surface area contributed by atoms with Crippen molar-refractivity contribution in [2.45, 2.75) is 63.5 Å². The maximum absolute atomic E-state index is 9.96. The van der Waals surface area contributed by atoms with Gasteiger partial charge in [0.15, 0.2) is 0 Å². The number of hydrogen-bond donors (Lipinski definition) is 1. The van der Waals surface area contributed by atoms with E-state index in [0.29, 0.717) is 6.04 Å². The van der Waals surface area contributed by atoms with E-state index in [1.54, 1.807) is 0 Å². The van der Waals surface area contributed by atoms with Crippen molar-refractivity contribution in [3.05, 3.63) is 23.5 Å². The Morgan fingerprint density at radius 3 is 2.69 bits per heavy atom. The SMILES string of the molecule is OC1CCCc2c1ccn2C1CCCCC1. The van der Waals surface area contributed by atoms with E-state index in [9.17, 15) is 5.11 Å². The van der Waals surface area contributed by atoms with E-state index in [0.717, 1.165) is 19.3 Å². The van der Waals surface area contributed by atoms with Gasteiger partial charge in [-0.15, -0.1) is 0 Å². The first-order chi connectivity index (χ1) is 7.86. The number of rotatable bonds is 1. The van der Waals surface area contributed by atoms with Crippen LogP contribution in [-0.4, -0.2) is 9.67 Å². The Balaban J connectivity index is 1.89. The lowest BCUT2D eigenvalue weighted by molar-refractivity contribution is 0.155. The third-order valence-corrected chi connectivity index (χ3v) is 4.28. The molecule has 0 radical (unpaired) electrons. The minimum Gasteiger partial charge on any atom is -0.388 e. The molecular weight excluding hydrogens is 198 g/mol. The minimum absolute atomic E-state index is 0.200. The maximum atomic E-state index is 9.96. The van der Waals surface area contributed by atoms with Crippen LogP contribution in [0.15, 0.2) is 12.3 Å². The summed E-state index contributed by atoms with van der Waals surface area (Å²) in [6.45, 7) is 0. The summed E-state index contributed by atoms with van der Waals surface area (Å²) in [5, 5.41) is 9.96. The van der Waals surface area contributed by atoms with Crippen LogP contribution in [0.1, 0.15) is 68.3 Å². The van der Waals surface area contributed by atoms with Gasteiger partial charge in [-0.05, 0) is 38.2 Å². The molecule has 1 aromatic heterocycles. The lowest BCUT2D eigenvalue weighted by Crippen LogP contribution is -2.17. The van der Waals surface area contributed by atoms with Crippen LogP contribution in [-0.2, 0) is 6.42 Å². The van der Waals surface area contributed by atoms with Gasteiger partial charge in [0.1, 0.15) is 0 Å². The molecule has 2 aliphatic rings. The van der Waals surface area contributed by atoms with Crippen molar-refractivity contribution in [3.63, 3.8) is 0 Å². The van der Waals surface area contributed by atoms with Crippen LogP contribution in [0, 0.1) is 0 Å². The van der Waals surface area contributed by atoms with E-state index >= 15 is 0 Å². The molecule has 0 spiro atoms. The fourth-order valence-corrected chi connectivity index (χ4v) is 3.39. The molecule has 88 valence electrons. The number of nitrogens with zero attached hydrogens (tertiary/aromatic N) is 1. The molecule has 0 amide bonds. The normalized spacial score (nSPS) is 26.7. The van der Waals surface area contributed by atoms with E-state index < -0.39 is 0 Å². The van der Waals surface area contributed by atoms with Crippen LogP contribution in [0.3, 0.4) is 0 Å². The molecule has 1 atom stereocenters. The quantitative estimate of drug-likeness (QED) is 0.769. The fourth-order valence-electron chi connectivity index (χ4n) is 3.39. The second-order valence-electron chi connectivity index (χ2n) is 5.32. The summed E-state index contributed by atoms with van der Waals surface area (Å²) in [7, 11) is 0. The first kappa shape index (κ1) is 10.4. The predicted octanol–water partition coefficient (Wildman–Crippen LogP) is 3.36. The first-order valence-electron chi connectivity index (χ1n) is 6.74. The summed E-state index contributed by atoms with van der Waals surface area (Å²) in [6, 6.07) is 2.86. The smallest absolute Gasteiger partial charge is 0.0807 e. The van der Waals surface area contributed by atoms with Crippen molar-refractivity contribution in [1.29, 1.82) is 0 Å². The van der Waals surface area contributed by atoms with Crippen molar-refractivity contribution in [1.82, 2.24) is 4.57 Å². The Morgan fingerprint density at radius 1 is 1.06 bits per heavy atom. The molecule has 2 heteroatoms. The van der Waals surface area contributed by atoms with Crippen molar-refractivity contribution in [2.75, 3.05) is 0 Å². The highest BCUT2D eigenvalue weighted by Crippen LogP contribution is 2.36. The van der Waals surface area contributed by atoms with Gasteiger partial charge < -0.3 is 9.67 Å². The topological polar surface area (TPSA) is 25.2 Å². The van der Waals surface area contributed by atoms with Crippen molar-refractivity contribution in [2.24, 2.45) is 0 Å². The standard InChI is InChI=1S/C14H21NO/c16-14-8-4-7-13-12(14)9-10-15(13)11-5-2-1-3-6-11/h9-11,14,16H,1-8H2. The van der Waals surface area contributed by atoms with Gasteiger partial charge >= 0.3 is 0 Å². The molecule has 2 nitrogen and oxygen atoms in total. The van der Waals surface area contributed by atoms with Gasteiger partial charge in [-0.2, -0.15) is 0 Å².